The summed E-state index contributed by atoms with van der Waals surface area (Å²) in [6.07, 6.45) is -4.64. The predicted octanol–water partition coefficient (Wildman–Crippen LogP) is 6.53. The summed E-state index contributed by atoms with van der Waals surface area (Å²) >= 11 is 5.61. The second kappa shape index (κ2) is 9.33. The van der Waals surface area contributed by atoms with Gasteiger partial charge < -0.3 is 16.4 Å². The third-order valence-corrected chi connectivity index (χ3v) is 5.06. The number of hydrogen-bond donors (Lipinski definition) is 3. The number of aromatic nitrogens is 1. The molecule has 34 heavy (non-hydrogen) atoms. The minimum atomic E-state index is -4.64. The molecule has 0 bridgehead atoms. The number of carbonyl (C=O) groups is 1. The highest BCUT2D eigenvalue weighted by molar-refractivity contribution is 6.31. The van der Waals surface area contributed by atoms with Crippen LogP contribution in [-0.4, -0.2) is 11.0 Å². The van der Waals surface area contributed by atoms with Gasteiger partial charge >= 0.3 is 12.2 Å². The Balaban J connectivity index is 1.51. The van der Waals surface area contributed by atoms with E-state index in [0.29, 0.717) is 22.6 Å². The molecule has 0 aliphatic heterocycles. The number of carbonyl (C=O) groups excluding carboxylic acids is 1. The summed E-state index contributed by atoms with van der Waals surface area (Å²) in [4.78, 5) is 16.6. The van der Waals surface area contributed by atoms with Crippen molar-refractivity contribution in [1.29, 1.82) is 0 Å². The van der Waals surface area contributed by atoms with Crippen LogP contribution < -0.4 is 16.4 Å². The van der Waals surface area contributed by atoms with Crippen LogP contribution in [0.25, 0.3) is 10.9 Å². The first-order valence-corrected chi connectivity index (χ1v) is 10.3. The Bertz CT molecular complexity index is 1460. The maximum atomic E-state index is 13.0. The van der Waals surface area contributed by atoms with Gasteiger partial charge in [0.1, 0.15) is 5.82 Å². The Morgan fingerprint density at radius 1 is 0.912 bits per heavy atom. The number of hydrogen-bond acceptors (Lipinski definition) is 3. The molecule has 3 aromatic carbocycles. The number of halogens is 4. The van der Waals surface area contributed by atoms with Crippen molar-refractivity contribution in [2.45, 2.75) is 6.18 Å². The quantitative estimate of drug-likeness (QED) is 0.285. The van der Waals surface area contributed by atoms with Crippen molar-refractivity contribution in [1.82, 2.24) is 4.98 Å². The van der Waals surface area contributed by atoms with Gasteiger partial charge in [-0.2, -0.15) is 13.2 Å². The van der Waals surface area contributed by atoms with Crippen LogP contribution in [0.15, 0.2) is 72.8 Å². The lowest BCUT2D eigenvalue weighted by molar-refractivity contribution is -0.137. The summed E-state index contributed by atoms with van der Waals surface area (Å²) in [6.45, 7) is 0. The number of anilines is 3. The molecule has 0 saturated heterocycles. The van der Waals surface area contributed by atoms with Crippen LogP contribution in [0.3, 0.4) is 0 Å². The Morgan fingerprint density at radius 3 is 2.41 bits per heavy atom. The summed E-state index contributed by atoms with van der Waals surface area (Å²) in [7, 11) is 0. The van der Waals surface area contributed by atoms with Crippen molar-refractivity contribution in [2.24, 2.45) is 0 Å². The zero-order chi connectivity index (χ0) is 24.3. The van der Waals surface area contributed by atoms with Gasteiger partial charge in [-0.15, -0.1) is 0 Å². The first-order valence-electron chi connectivity index (χ1n) is 9.91. The summed E-state index contributed by atoms with van der Waals surface area (Å²) in [5, 5.41) is 5.36. The molecule has 4 rings (SSSR count). The second-order valence-corrected chi connectivity index (χ2v) is 7.62. The molecule has 4 N–H and O–H groups in total. The molecule has 0 fully saturated rings. The molecule has 2 amide bonds. The minimum Gasteiger partial charge on any atom is -0.384 e. The van der Waals surface area contributed by atoms with Gasteiger partial charge in [-0.1, -0.05) is 47.7 Å². The Morgan fingerprint density at radius 2 is 1.65 bits per heavy atom. The molecule has 0 spiro atoms. The van der Waals surface area contributed by atoms with Crippen LogP contribution in [0.2, 0.25) is 5.02 Å². The second-order valence-electron chi connectivity index (χ2n) is 7.21. The molecule has 0 aliphatic rings. The standard InChI is InChI=1S/C25H16ClF3N4O/c26-21-11-10-18(14-20(21)25(27,28)29)32-24(34)31-17-5-3-4-15(12-17)8-9-16-13-23(30)33-22-7-2-1-6-19(16)22/h1-7,10-14H,(H2,30,33)(H2,31,32,34). The highest BCUT2D eigenvalue weighted by Crippen LogP contribution is 2.36. The molecule has 0 unspecified atom stereocenters. The van der Waals surface area contributed by atoms with Crippen molar-refractivity contribution in [3.05, 3.63) is 94.5 Å². The third-order valence-electron chi connectivity index (χ3n) is 4.73. The van der Waals surface area contributed by atoms with E-state index in [-0.39, 0.29) is 5.69 Å². The number of pyridine rings is 1. The first-order chi connectivity index (χ1) is 16.2. The lowest BCUT2D eigenvalue weighted by atomic mass is 10.1. The maximum absolute atomic E-state index is 13.0. The number of amides is 2. The SMILES string of the molecule is Nc1cc(C#Cc2cccc(NC(=O)Nc3ccc(Cl)c(C(F)(F)F)c3)c2)c2ccccc2n1. The molecule has 1 heterocycles. The predicted molar refractivity (Wildman–Crippen MR) is 128 cm³/mol. The van der Waals surface area contributed by atoms with Crippen LogP contribution in [0.5, 0.6) is 0 Å². The maximum Gasteiger partial charge on any atom is 0.417 e. The van der Waals surface area contributed by atoms with E-state index in [4.69, 9.17) is 17.3 Å². The van der Waals surface area contributed by atoms with E-state index in [1.165, 1.54) is 6.07 Å². The van der Waals surface area contributed by atoms with Crippen LogP contribution in [0.1, 0.15) is 16.7 Å². The van der Waals surface area contributed by atoms with Gasteiger partial charge in [0.05, 0.1) is 16.1 Å². The normalized spacial score (nSPS) is 10.9. The zero-order valence-corrected chi connectivity index (χ0v) is 18.1. The average Bonchev–Trinajstić information content (AvgIpc) is 2.78. The van der Waals surface area contributed by atoms with Crippen LogP contribution in [0.4, 0.5) is 35.2 Å². The summed E-state index contributed by atoms with van der Waals surface area (Å²) in [5.74, 6) is 6.46. The molecule has 0 radical (unpaired) electrons. The Labute approximate surface area is 197 Å². The van der Waals surface area contributed by atoms with Gasteiger partial charge in [-0.3, -0.25) is 0 Å². The lowest BCUT2D eigenvalue weighted by Crippen LogP contribution is -2.20. The van der Waals surface area contributed by atoms with Gasteiger partial charge in [0.25, 0.3) is 0 Å². The Hall–Kier alpha value is -4.22. The fraction of sp³-hybridized carbons (Fsp3) is 0.0400. The number of nitrogens with two attached hydrogens (primary N) is 1. The molecule has 9 heteroatoms. The third kappa shape index (κ3) is 5.39. The van der Waals surface area contributed by atoms with Crippen molar-refractivity contribution < 1.29 is 18.0 Å². The van der Waals surface area contributed by atoms with E-state index in [2.05, 4.69) is 27.5 Å². The van der Waals surface area contributed by atoms with Gasteiger partial charge in [0, 0.05) is 27.9 Å². The monoisotopic (exact) mass is 480 g/mol. The minimum absolute atomic E-state index is 0.0488. The largest absolute Gasteiger partial charge is 0.417 e. The van der Waals surface area contributed by atoms with Gasteiger partial charge in [-0.05, 0) is 48.5 Å². The number of benzene rings is 3. The fourth-order valence-electron chi connectivity index (χ4n) is 3.23. The number of nitrogens with zero attached hydrogens (tertiary/aromatic N) is 1. The van der Waals surface area contributed by atoms with Crippen molar-refractivity contribution in [2.75, 3.05) is 16.4 Å². The van der Waals surface area contributed by atoms with Crippen molar-refractivity contribution in [3.8, 4) is 11.8 Å². The van der Waals surface area contributed by atoms with E-state index >= 15 is 0 Å². The van der Waals surface area contributed by atoms with E-state index in [9.17, 15) is 18.0 Å². The number of alkyl halides is 3. The lowest BCUT2D eigenvalue weighted by Gasteiger charge is -2.12. The number of urea groups is 1. The highest BCUT2D eigenvalue weighted by Gasteiger charge is 2.33. The topological polar surface area (TPSA) is 80.0 Å². The molecule has 170 valence electrons. The molecular formula is C25H16ClF3N4O. The van der Waals surface area contributed by atoms with Gasteiger partial charge in [0.15, 0.2) is 0 Å². The van der Waals surface area contributed by atoms with Crippen LogP contribution in [-0.2, 0) is 6.18 Å². The van der Waals surface area contributed by atoms with E-state index < -0.39 is 22.8 Å². The smallest absolute Gasteiger partial charge is 0.384 e. The molecule has 5 nitrogen and oxygen atoms in total. The fourth-order valence-corrected chi connectivity index (χ4v) is 3.45. The highest BCUT2D eigenvalue weighted by atomic mass is 35.5. The first kappa shape index (κ1) is 23.0. The van der Waals surface area contributed by atoms with E-state index in [0.717, 1.165) is 23.0 Å². The molecule has 0 atom stereocenters. The summed E-state index contributed by atoms with van der Waals surface area (Å²) in [5.41, 5.74) is 7.26. The number of rotatable bonds is 2. The molecule has 0 saturated carbocycles. The number of fused-ring (bicyclic) bond motifs is 1. The van der Waals surface area contributed by atoms with E-state index in [1.807, 2.05) is 24.3 Å². The molecule has 1 aromatic heterocycles. The Kier molecular flexibility index (Phi) is 6.30. The van der Waals surface area contributed by atoms with Crippen molar-refractivity contribution in [3.63, 3.8) is 0 Å². The summed E-state index contributed by atoms with van der Waals surface area (Å²) < 4.78 is 39.1. The average molecular weight is 481 g/mol. The molecule has 4 aromatic rings. The van der Waals surface area contributed by atoms with Crippen molar-refractivity contribution >= 4 is 45.7 Å². The zero-order valence-electron chi connectivity index (χ0n) is 17.4. The van der Waals surface area contributed by atoms with Gasteiger partial charge in [-0.25, -0.2) is 9.78 Å². The number of nitrogen functional groups attached to an aromatic ring is 1. The van der Waals surface area contributed by atoms with Crippen LogP contribution in [0, 0.1) is 11.8 Å². The summed E-state index contributed by atoms with van der Waals surface area (Å²) in [6, 6.07) is 18.3. The number of nitrogens with one attached hydrogen (secondary N) is 2. The molecule has 0 aliphatic carbocycles. The van der Waals surface area contributed by atoms with Gasteiger partial charge in [0.2, 0.25) is 0 Å². The van der Waals surface area contributed by atoms with E-state index in [1.54, 1.807) is 30.3 Å². The van der Waals surface area contributed by atoms with Crippen LogP contribution >= 0.6 is 11.6 Å². The molecular weight excluding hydrogens is 465 g/mol. The number of para-hydroxylation sites is 1.